The minimum atomic E-state index is -0.243. The lowest BCUT2D eigenvalue weighted by molar-refractivity contribution is 0.155. The Morgan fingerprint density at radius 3 is 2.70 bits per heavy atom. The Bertz CT molecular complexity index is 56.3. The van der Waals surface area contributed by atoms with E-state index >= 15 is 0 Å². The standard InChI is InChI=1S/C8H17O2/c1-2-3-5-8(10)6-4-7-9/h4,8-10H,2-3,5-7H2,1H3. The normalized spacial score (nSPS) is 13.5. The van der Waals surface area contributed by atoms with Gasteiger partial charge in [0.2, 0.25) is 0 Å². The molecule has 2 heteroatoms. The van der Waals surface area contributed by atoms with Gasteiger partial charge in [-0.15, -0.1) is 0 Å². The minimum Gasteiger partial charge on any atom is -0.396 e. The van der Waals surface area contributed by atoms with Gasteiger partial charge in [0, 0.05) is 6.61 Å². The van der Waals surface area contributed by atoms with E-state index in [1.807, 2.05) is 0 Å². The third kappa shape index (κ3) is 6.05. The lowest BCUT2D eigenvalue weighted by Gasteiger charge is -2.06. The van der Waals surface area contributed by atoms with Crippen LogP contribution in [0.4, 0.5) is 0 Å². The number of aliphatic hydroxyl groups excluding tert-OH is 2. The van der Waals surface area contributed by atoms with Crippen molar-refractivity contribution in [1.29, 1.82) is 0 Å². The quantitative estimate of drug-likeness (QED) is 0.588. The van der Waals surface area contributed by atoms with Crippen LogP contribution in [0.25, 0.3) is 0 Å². The summed E-state index contributed by atoms with van der Waals surface area (Å²) >= 11 is 0. The fourth-order valence-corrected chi connectivity index (χ4v) is 0.825. The summed E-state index contributed by atoms with van der Waals surface area (Å²) in [4.78, 5) is 0. The summed E-state index contributed by atoms with van der Waals surface area (Å²) in [6.07, 6.45) is 5.12. The maximum atomic E-state index is 9.17. The molecule has 0 rings (SSSR count). The Balaban J connectivity index is 3.00. The second kappa shape index (κ2) is 7.03. The molecule has 10 heavy (non-hydrogen) atoms. The molecule has 0 heterocycles. The van der Waals surface area contributed by atoms with Crippen LogP contribution in [0.15, 0.2) is 0 Å². The molecule has 1 radical (unpaired) electrons. The van der Waals surface area contributed by atoms with Crippen molar-refractivity contribution < 1.29 is 10.2 Å². The first-order valence-electron chi connectivity index (χ1n) is 3.91. The Morgan fingerprint density at radius 2 is 2.20 bits per heavy atom. The molecule has 0 saturated heterocycles. The number of hydrogen-bond donors (Lipinski definition) is 2. The molecule has 0 bridgehead atoms. The first kappa shape index (κ1) is 9.92. The zero-order valence-electron chi connectivity index (χ0n) is 6.58. The Hall–Kier alpha value is -0.0800. The van der Waals surface area contributed by atoms with E-state index in [9.17, 15) is 0 Å². The van der Waals surface area contributed by atoms with Crippen molar-refractivity contribution >= 4 is 0 Å². The van der Waals surface area contributed by atoms with E-state index in [2.05, 4.69) is 6.92 Å². The van der Waals surface area contributed by atoms with Gasteiger partial charge in [-0.25, -0.2) is 0 Å². The molecule has 61 valence electrons. The molecule has 0 aromatic heterocycles. The van der Waals surface area contributed by atoms with E-state index in [4.69, 9.17) is 10.2 Å². The van der Waals surface area contributed by atoms with Gasteiger partial charge in [-0.1, -0.05) is 19.8 Å². The van der Waals surface area contributed by atoms with Gasteiger partial charge in [0.1, 0.15) is 0 Å². The fourth-order valence-electron chi connectivity index (χ4n) is 0.825. The molecule has 1 unspecified atom stereocenters. The third-order valence-corrected chi connectivity index (χ3v) is 1.46. The van der Waals surface area contributed by atoms with E-state index in [1.165, 1.54) is 0 Å². The van der Waals surface area contributed by atoms with Crippen molar-refractivity contribution in [3.63, 3.8) is 0 Å². The largest absolute Gasteiger partial charge is 0.396 e. The van der Waals surface area contributed by atoms with Crippen LogP contribution in [-0.4, -0.2) is 22.9 Å². The Morgan fingerprint density at radius 1 is 1.50 bits per heavy atom. The van der Waals surface area contributed by atoms with E-state index in [1.54, 1.807) is 6.42 Å². The van der Waals surface area contributed by atoms with Crippen molar-refractivity contribution in [2.24, 2.45) is 0 Å². The van der Waals surface area contributed by atoms with Gasteiger partial charge < -0.3 is 10.2 Å². The molecule has 0 aromatic carbocycles. The van der Waals surface area contributed by atoms with Crippen LogP contribution in [0.2, 0.25) is 0 Å². The lowest BCUT2D eigenvalue weighted by atomic mass is 10.1. The average molecular weight is 145 g/mol. The molecule has 0 aliphatic carbocycles. The number of hydrogen-bond acceptors (Lipinski definition) is 2. The Labute approximate surface area is 62.9 Å². The number of rotatable bonds is 6. The molecular formula is C8H17O2. The van der Waals surface area contributed by atoms with Gasteiger partial charge in [-0.2, -0.15) is 0 Å². The smallest absolute Gasteiger partial charge is 0.0543 e. The van der Waals surface area contributed by atoms with Crippen molar-refractivity contribution in [2.75, 3.05) is 6.61 Å². The Kier molecular flexibility index (Phi) is 6.98. The summed E-state index contributed by atoms with van der Waals surface area (Å²) in [5, 5.41) is 17.5. The summed E-state index contributed by atoms with van der Waals surface area (Å²) < 4.78 is 0. The van der Waals surface area contributed by atoms with E-state index < -0.39 is 0 Å². The molecule has 0 spiro atoms. The summed E-state index contributed by atoms with van der Waals surface area (Å²) in [5.74, 6) is 0. The zero-order chi connectivity index (χ0) is 7.82. The fraction of sp³-hybridized carbons (Fsp3) is 0.875. The topological polar surface area (TPSA) is 40.5 Å². The van der Waals surface area contributed by atoms with Crippen molar-refractivity contribution in [3.8, 4) is 0 Å². The summed E-state index contributed by atoms with van der Waals surface area (Å²) in [5.41, 5.74) is 0. The van der Waals surface area contributed by atoms with E-state index in [0.29, 0.717) is 6.42 Å². The highest BCUT2D eigenvalue weighted by atomic mass is 16.3. The molecule has 0 aromatic rings. The van der Waals surface area contributed by atoms with Gasteiger partial charge in [0.25, 0.3) is 0 Å². The molecule has 2 nitrogen and oxygen atoms in total. The van der Waals surface area contributed by atoms with Crippen LogP contribution in [0.5, 0.6) is 0 Å². The second-order valence-electron chi connectivity index (χ2n) is 2.50. The van der Waals surface area contributed by atoms with Crippen LogP contribution < -0.4 is 0 Å². The molecule has 2 N–H and O–H groups in total. The predicted molar refractivity (Wildman–Crippen MR) is 41.5 cm³/mol. The molecule has 1 atom stereocenters. The molecule has 0 amide bonds. The van der Waals surface area contributed by atoms with Crippen LogP contribution in [0.1, 0.15) is 32.6 Å². The highest BCUT2D eigenvalue weighted by Crippen LogP contribution is 2.04. The predicted octanol–water partition coefficient (Wildman–Crippen LogP) is 1.12. The maximum Gasteiger partial charge on any atom is 0.0543 e. The third-order valence-electron chi connectivity index (χ3n) is 1.46. The molecular weight excluding hydrogens is 128 g/mol. The van der Waals surface area contributed by atoms with Gasteiger partial charge in [0.15, 0.2) is 0 Å². The molecule has 0 aliphatic heterocycles. The van der Waals surface area contributed by atoms with E-state index in [0.717, 1.165) is 19.3 Å². The lowest BCUT2D eigenvalue weighted by Crippen LogP contribution is -2.07. The van der Waals surface area contributed by atoms with Crippen molar-refractivity contribution in [3.05, 3.63) is 6.42 Å². The first-order chi connectivity index (χ1) is 4.81. The summed E-state index contributed by atoms with van der Waals surface area (Å²) in [6.45, 7) is 2.17. The van der Waals surface area contributed by atoms with Crippen molar-refractivity contribution in [2.45, 2.75) is 38.7 Å². The average Bonchev–Trinajstić information content (AvgIpc) is 1.97. The SMILES string of the molecule is CCCCC(O)C[CH]CO. The van der Waals surface area contributed by atoms with Gasteiger partial charge in [-0.05, 0) is 19.3 Å². The second-order valence-corrected chi connectivity index (χ2v) is 2.50. The van der Waals surface area contributed by atoms with Crippen molar-refractivity contribution in [1.82, 2.24) is 0 Å². The monoisotopic (exact) mass is 145 g/mol. The maximum absolute atomic E-state index is 9.17. The molecule has 0 saturated carbocycles. The van der Waals surface area contributed by atoms with Crippen LogP contribution in [-0.2, 0) is 0 Å². The molecule has 0 fully saturated rings. The zero-order valence-corrected chi connectivity index (χ0v) is 6.58. The number of unbranched alkanes of at least 4 members (excludes halogenated alkanes) is 1. The summed E-state index contributed by atoms with van der Waals surface area (Å²) in [6, 6.07) is 0. The van der Waals surface area contributed by atoms with E-state index in [-0.39, 0.29) is 12.7 Å². The van der Waals surface area contributed by atoms with Gasteiger partial charge in [0.05, 0.1) is 6.10 Å². The van der Waals surface area contributed by atoms with Crippen LogP contribution >= 0.6 is 0 Å². The van der Waals surface area contributed by atoms with Crippen LogP contribution in [0.3, 0.4) is 0 Å². The van der Waals surface area contributed by atoms with Gasteiger partial charge in [-0.3, -0.25) is 0 Å². The minimum absolute atomic E-state index is 0.0726. The highest BCUT2D eigenvalue weighted by Gasteiger charge is 2.01. The first-order valence-corrected chi connectivity index (χ1v) is 3.91. The number of aliphatic hydroxyl groups is 2. The summed E-state index contributed by atoms with van der Waals surface area (Å²) in [7, 11) is 0. The highest BCUT2D eigenvalue weighted by molar-refractivity contribution is 4.68. The molecule has 0 aliphatic rings. The van der Waals surface area contributed by atoms with Gasteiger partial charge >= 0.3 is 0 Å². The van der Waals surface area contributed by atoms with Crippen LogP contribution in [0, 0.1) is 6.42 Å².